The van der Waals surface area contributed by atoms with Gasteiger partial charge in [-0.3, -0.25) is 0 Å². The average Bonchev–Trinajstić information content (AvgIpc) is 3.25. The van der Waals surface area contributed by atoms with Crippen LogP contribution in [0.5, 0.6) is 0 Å². The molecule has 4 heteroatoms. The van der Waals surface area contributed by atoms with Crippen LogP contribution in [0.2, 0.25) is 0 Å². The van der Waals surface area contributed by atoms with Gasteiger partial charge in [0.05, 0.1) is 18.8 Å². The van der Waals surface area contributed by atoms with Crippen LogP contribution >= 0.6 is 0 Å². The normalized spacial score (nSPS) is 34.7. The second-order valence-electron chi connectivity index (χ2n) is 9.08. The van der Waals surface area contributed by atoms with Gasteiger partial charge in [0.1, 0.15) is 0 Å². The lowest BCUT2D eigenvalue weighted by Gasteiger charge is -2.36. The summed E-state index contributed by atoms with van der Waals surface area (Å²) in [5.74, 6) is 0.233. The van der Waals surface area contributed by atoms with Crippen molar-refractivity contribution in [1.29, 1.82) is 0 Å². The Labute approximate surface area is 165 Å². The first-order chi connectivity index (χ1) is 12.9. The molecule has 27 heavy (non-hydrogen) atoms. The van der Waals surface area contributed by atoms with E-state index >= 15 is 0 Å². The maximum absolute atomic E-state index is 6.35. The minimum atomic E-state index is -0.351. The van der Waals surface area contributed by atoms with E-state index in [1.54, 1.807) is 5.57 Å². The van der Waals surface area contributed by atoms with Gasteiger partial charge in [0.25, 0.3) is 0 Å². The Bertz CT molecular complexity index is 542. The van der Waals surface area contributed by atoms with Crippen molar-refractivity contribution in [3.05, 3.63) is 23.8 Å². The molecule has 4 unspecified atom stereocenters. The Kier molecular flexibility index (Phi) is 7.18. The fourth-order valence-electron chi connectivity index (χ4n) is 4.34. The van der Waals surface area contributed by atoms with Gasteiger partial charge in [-0.1, -0.05) is 44.6 Å². The molecule has 1 aliphatic carbocycles. The van der Waals surface area contributed by atoms with Crippen LogP contribution in [0.25, 0.3) is 0 Å². The standard InChI is InChI=1S/C23H39NO3/c1-5-22(3,4)20-8-12-23(13-9-20)26-17-21(27-23)10-15-24-14-6-7-19-11-16-25-18(19)2/h6-8,18-19,21,24H,5,9-17H2,1-4H3. The molecule has 2 aliphatic heterocycles. The third-order valence-corrected chi connectivity index (χ3v) is 6.83. The van der Waals surface area contributed by atoms with Gasteiger partial charge in [-0.25, -0.2) is 0 Å². The summed E-state index contributed by atoms with van der Waals surface area (Å²) in [4.78, 5) is 0. The lowest BCUT2D eigenvalue weighted by atomic mass is 9.75. The van der Waals surface area contributed by atoms with Crippen molar-refractivity contribution in [3.8, 4) is 0 Å². The summed E-state index contributed by atoms with van der Waals surface area (Å²) in [6.45, 7) is 12.6. The highest BCUT2D eigenvalue weighted by atomic mass is 16.7. The molecule has 1 spiro atoms. The molecule has 0 bridgehead atoms. The summed E-state index contributed by atoms with van der Waals surface area (Å²) < 4.78 is 18.1. The van der Waals surface area contributed by atoms with E-state index in [0.29, 0.717) is 17.4 Å². The number of hydrogen-bond acceptors (Lipinski definition) is 4. The SMILES string of the molecule is CCC(C)(C)C1=CCC2(CC1)OCC(CCNCC=CC1CCOC1C)O2. The van der Waals surface area contributed by atoms with Gasteiger partial charge >= 0.3 is 0 Å². The van der Waals surface area contributed by atoms with E-state index in [4.69, 9.17) is 14.2 Å². The summed E-state index contributed by atoms with van der Waals surface area (Å²) >= 11 is 0. The van der Waals surface area contributed by atoms with Crippen LogP contribution in [0.3, 0.4) is 0 Å². The average molecular weight is 378 g/mol. The molecule has 0 radical (unpaired) electrons. The van der Waals surface area contributed by atoms with Crippen LogP contribution < -0.4 is 5.32 Å². The molecular formula is C23H39NO3. The van der Waals surface area contributed by atoms with Crippen molar-refractivity contribution in [2.24, 2.45) is 11.3 Å². The van der Waals surface area contributed by atoms with Crippen molar-refractivity contribution >= 4 is 0 Å². The zero-order valence-electron chi connectivity index (χ0n) is 17.8. The lowest BCUT2D eigenvalue weighted by Crippen LogP contribution is -2.34. The predicted molar refractivity (Wildman–Crippen MR) is 110 cm³/mol. The zero-order chi connectivity index (χ0) is 19.3. The Hall–Kier alpha value is -0.680. The molecule has 2 fully saturated rings. The first-order valence-corrected chi connectivity index (χ1v) is 10.9. The summed E-state index contributed by atoms with van der Waals surface area (Å²) in [6, 6.07) is 0. The maximum Gasteiger partial charge on any atom is 0.172 e. The van der Waals surface area contributed by atoms with Gasteiger partial charge in [-0.15, -0.1) is 0 Å². The first kappa shape index (κ1) is 21.0. The summed E-state index contributed by atoms with van der Waals surface area (Å²) in [5.41, 5.74) is 1.88. The first-order valence-electron chi connectivity index (χ1n) is 10.9. The van der Waals surface area contributed by atoms with E-state index in [1.165, 1.54) is 6.42 Å². The van der Waals surface area contributed by atoms with E-state index in [2.05, 4.69) is 51.2 Å². The topological polar surface area (TPSA) is 39.7 Å². The van der Waals surface area contributed by atoms with Crippen molar-refractivity contribution in [2.45, 2.75) is 84.2 Å². The zero-order valence-corrected chi connectivity index (χ0v) is 17.8. The van der Waals surface area contributed by atoms with E-state index < -0.39 is 0 Å². The van der Waals surface area contributed by atoms with E-state index in [9.17, 15) is 0 Å². The fraction of sp³-hybridized carbons (Fsp3) is 0.826. The Morgan fingerprint density at radius 1 is 1.37 bits per heavy atom. The van der Waals surface area contributed by atoms with Crippen molar-refractivity contribution < 1.29 is 14.2 Å². The lowest BCUT2D eigenvalue weighted by molar-refractivity contribution is -0.173. The molecule has 4 nitrogen and oxygen atoms in total. The second kappa shape index (κ2) is 9.21. The Balaban J connectivity index is 1.34. The molecule has 4 atom stereocenters. The van der Waals surface area contributed by atoms with Crippen LogP contribution in [0.15, 0.2) is 23.8 Å². The maximum atomic E-state index is 6.35. The fourth-order valence-corrected chi connectivity index (χ4v) is 4.34. The molecule has 0 amide bonds. The molecule has 0 aromatic heterocycles. The van der Waals surface area contributed by atoms with Crippen molar-refractivity contribution in [1.82, 2.24) is 5.32 Å². The molecule has 0 aromatic carbocycles. The summed E-state index contributed by atoms with van der Waals surface area (Å²) in [5, 5.41) is 3.50. The number of hydrogen-bond donors (Lipinski definition) is 1. The minimum Gasteiger partial charge on any atom is -0.378 e. The largest absolute Gasteiger partial charge is 0.378 e. The molecule has 0 aromatic rings. The quantitative estimate of drug-likeness (QED) is 0.495. The molecular weight excluding hydrogens is 338 g/mol. The smallest absolute Gasteiger partial charge is 0.172 e. The molecule has 1 N–H and O–H groups in total. The molecule has 154 valence electrons. The molecule has 2 heterocycles. The Morgan fingerprint density at radius 3 is 2.89 bits per heavy atom. The van der Waals surface area contributed by atoms with Crippen LogP contribution in [0, 0.1) is 11.3 Å². The highest BCUT2D eigenvalue weighted by Gasteiger charge is 2.43. The monoisotopic (exact) mass is 377 g/mol. The number of allylic oxidation sites excluding steroid dienone is 1. The van der Waals surface area contributed by atoms with Crippen LogP contribution in [-0.2, 0) is 14.2 Å². The van der Waals surface area contributed by atoms with Gasteiger partial charge < -0.3 is 19.5 Å². The van der Waals surface area contributed by atoms with Gasteiger partial charge in [0.15, 0.2) is 5.79 Å². The van der Waals surface area contributed by atoms with Crippen LogP contribution in [-0.4, -0.2) is 44.3 Å². The minimum absolute atomic E-state index is 0.221. The predicted octanol–water partition coefficient (Wildman–Crippen LogP) is 4.61. The molecule has 3 rings (SSSR count). The highest BCUT2D eigenvalue weighted by molar-refractivity contribution is 5.17. The van der Waals surface area contributed by atoms with Gasteiger partial charge in [-0.05, 0) is 44.6 Å². The van der Waals surface area contributed by atoms with E-state index in [0.717, 1.165) is 58.4 Å². The van der Waals surface area contributed by atoms with E-state index in [1.807, 2.05) is 0 Å². The molecule has 2 saturated heterocycles. The van der Waals surface area contributed by atoms with Crippen molar-refractivity contribution in [2.75, 3.05) is 26.3 Å². The molecule has 3 aliphatic rings. The highest BCUT2D eigenvalue weighted by Crippen LogP contribution is 2.43. The number of ether oxygens (including phenoxy) is 3. The number of nitrogens with one attached hydrogen (secondary N) is 1. The van der Waals surface area contributed by atoms with E-state index in [-0.39, 0.29) is 11.9 Å². The second-order valence-corrected chi connectivity index (χ2v) is 9.08. The summed E-state index contributed by atoms with van der Waals surface area (Å²) in [7, 11) is 0. The number of rotatable bonds is 8. The van der Waals surface area contributed by atoms with Crippen LogP contribution in [0.1, 0.15) is 66.2 Å². The van der Waals surface area contributed by atoms with Crippen LogP contribution in [0.4, 0.5) is 0 Å². The third-order valence-electron chi connectivity index (χ3n) is 6.83. The van der Waals surface area contributed by atoms with Crippen molar-refractivity contribution in [3.63, 3.8) is 0 Å². The molecule has 0 saturated carbocycles. The van der Waals surface area contributed by atoms with Gasteiger partial charge in [-0.2, -0.15) is 0 Å². The third kappa shape index (κ3) is 5.44. The van der Waals surface area contributed by atoms with Gasteiger partial charge in [0.2, 0.25) is 0 Å². The Morgan fingerprint density at radius 2 is 2.22 bits per heavy atom. The van der Waals surface area contributed by atoms with Gasteiger partial charge in [0, 0.05) is 31.9 Å². The summed E-state index contributed by atoms with van der Waals surface area (Å²) in [6.07, 6.45) is 13.9.